The van der Waals surface area contributed by atoms with E-state index in [9.17, 15) is 55.5 Å². The molecule has 0 aliphatic rings. The van der Waals surface area contributed by atoms with Crippen LogP contribution in [0, 0.1) is 58.2 Å². The Morgan fingerprint density at radius 1 is 0.296 bits per heavy atom. The van der Waals surface area contributed by atoms with Crippen LogP contribution >= 0.6 is 0 Å². The molecule has 2 rings (SSSR count). The fourth-order valence-electron chi connectivity index (χ4n) is 1.99. The second-order valence-electron chi connectivity index (χ2n) is 4.87. The Bertz CT molecular complexity index is 871. The zero-order valence-electron chi connectivity index (χ0n) is 11.7. The van der Waals surface area contributed by atoms with Gasteiger partial charge in [0.2, 0.25) is 0 Å². The quantitative estimate of drug-likeness (QED) is 0.230. The van der Waals surface area contributed by atoms with Crippen LogP contribution in [-0.2, 0) is 0 Å². The van der Waals surface area contributed by atoms with E-state index in [-0.39, 0.29) is 0 Å². The minimum atomic E-state index is -12.6. The minimum absolute atomic E-state index is 3.18. The van der Waals surface area contributed by atoms with E-state index in [1.54, 1.807) is 0 Å². The summed E-state index contributed by atoms with van der Waals surface area (Å²) in [5.74, 6) is -35.4. The van der Waals surface area contributed by atoms with Gasteiger partial charge >= 0.3 is 139 Å². The summed E-state index contributed by atoms with van der Waals surface area (Å²) >= 11 is -12.6. The molecule has 0 bridgehead atoms. The Kier molecular flexibility index (Phi) is 4.31. The van der Waals surface area contributed by atoms with Gasteiger partial charge in [0.1, 0.15) is 0 Å². The predicted octanol–water partition coefficient (Wildman–Crippen LogP) is 4.41. The van der Waals surface area contributed by atoms with Gasteiger partial charge in [-0.2, -0.15) is 0 Å². The topological polar surface area (TPSA) is 0 Å². The van der Waals surface area contributed by atoms with Crippen LogP contribution in [0.15, 0.2) is 0 Å². The van der Waals surface area contributed by atoms with Crippen LogP contribution in [0.3, 0.4) is 0 Å². The van der Waals surface area contributed by atoms with Crippen LogP contribution in [0.1, 0.15) is 0 Å². The summed E-state index contributed by atoms with van der Waals surface area (Å²) in [6.45, 7) is 0. The molecule has 0 atom stereocenters. The summed E-state index contributed by atoms with van der Waals surface area (Å²) in [5, 5.41) is 0. The van der Waals surface area contributed by atoms with Gasteiger partial charge in [-0.05, 0) is 0 Å². The molecule has 2 aromatic carbocycles. The number of hydrogen-bond acceptors (Lipinski definition) is 0. The van der Waals surface area contributed by atoms with Gasteiger partial charge in [0.15, 0.2) is 0 Å². The Hall–Kier alpha value is -1.75. The molecule has 0 saturated heterocycles. The third-order valence-corrected chi connectivity index (χ3v) is 9.89. The predicted molar refractivity (Wildman–Crippen MR) is 61.9 cm³/mol. The summed E-state index contributed by atoms with van der Waals surface area (Å²) in [5.41, 5.74) is 0. The van der Waals surface area contributed by atoms with Gasteiger partial charge in [-0.25, -0.2) is 0 Å². The molecule has 2 aromatic rings. The zero-order chi connectivity index (χ0) is 21.3. The summed E-state index contributed by atoms with van der Waals surface area (Å²) in [4.78, 5) is 0. The Morgan fingerprint density at radius 2 is 0.444 bits per heavy atom. The van der Waals surface area contributed by atoms with Crippen LogP contribution in [0.5, 0.6) is 0 Å². The molecule has 0 radical (unpaired) electrons. The van der Waals surface area contributed by atoms with Gasteiger partial charge in [-0.15, -0.1) is 0 Å². The van der Waals surface area contributed by atoms with Crippen molar-refractivity contribution >= 4 is 24.9 Å². The molecule has 0 heterocycles. The summed E-state index contributed by atoms with van der Waals surface area (Å²) in [7, 11) is 0. The molecule has 0 amide bonds. The fourth-order valence-corrected chi connectivity index (χ4v) is 7.71. The normalized spacial score (nSPS) is 14.9. The van der Waals surface area contributed by atoms with Gasteiger partial charge in [-0.1, -0.05) is 0 Å². The van der Waals surface area contributed by atoms with Crippen molar-refractivity contribution in [2.24, 2.45) is 0 Å². The average molecular weight is 538 g/mol. The van der Waals surface area contributed by atoms with E-state index in [0.717, 1.165) is 0 Å². The van der Waals surface area contributed by atoms with Gasteiger partial charge < -0.3 is 0 Å². The van der Waals surface area contributed by atoms with Gasteiger partial charge in [0.05, 0.1) is 0 Å². The first kappa shape index (κ1) is 21.5. The standard InChI is InChI=1S/C12F14Te/c13-1-3(15)7(19)11(8(20)4(1)16)27(23,24,25,26)12-9(21)5(17)2(14)6(18)10(12)22. The van der Waals surface area contributed by atoms with Crippen molar-refractivity contribution in [3.63, 3.8) is 0 Å². The third-order valence-electron chi connectivity index (χ3n) is 3.16. The zero-order valence-corrected chi connectivity index (χ0v) is 14.0. The van der Waals surface area contributed by atoms with Crippen molar-refractivity contribution in [2.45, 2.75) is 0 Å². The maximum atomic E-state index is 14.3. The number of hydrogen-bond donors (Lipinski definition) is 0. The van der Waals surface area contributed by atoms with Gasteiger partial charge in [0, 0.05) is 0 Å². The molecule has 0 saturated carbocycles. The molecule has 0 N–H and O–H groups in total. The Labute approximate surface area is 139 Å². The number of rotatable bonds is 2. The van der Waals surface area contributed by atoms with Crippen LogP contribution in [0.25, 0.3) is 0 Å². The molecular weight excluding hydrogens is 538 g/mol. The SMILES string of the molecule is Fc1c(F)c(F)c([Te](F)(F)(F)(F)c2c(F)c(F)c(F)c(F)c2F)c(F)c1F. The molecule has 27 heavy (non-hydrogen) atoms. The third kappa shape index (κ3) is 2.74. The summed E-state index contributed by atoms with van der Waals surface area (Å²) in [6, 6.07) is 0. The first-order valence-electron chi connectivity index (χ1n) is 5.92. The second kappa shape index (κ2) is 5.40. The van der Waals surface area contributed by atoms with E-state index >= 15 is 0 Å². The van der Waals surface area contributed by atoms with Crippen molar-refractivity contribution < 1.29 is 55.5 Å². The van der Waals surface area contributed by atoms with Crippen molar-refractivity contribution in [1.29, 1.82) is 0 Å². The van der Waals surface area contributed by atoms with Crippen molar-refractivity contribution in [2.75, 3.05) is 0 Å². The monoisotopic (exact) mass is 540 g/mol. The fraction of sp³-hybridized carbons (Fsp3) is 0. The van der Waals surface area contributed by atoms with Crippen molar-refractivity contribution in [1.82, 2.24) is 0 Å². The molecular formula is C12F14Te. The molecule has 0 aliphatic carbocycles. The molecule has 0 spiro atoms. The maximum absolute atomic E-state index is 14.3. The van der Waals surface area contributed by atoms with Gasteiger partial charge in [0.25, 0.3) is 0 Å². The average Bonchev–Trinajstić information content (AvgIpc) is 2.53. The Balaban J connectivity index is 3.23. The van der Waals surface area contributed by atoms with Crippen LogP contribution in [0.2, 0.25) is 0 Å². The molecule has 0 unspecified atom stereocenters. The first-order chi connectivity index (χ1) is 11.9. The van der Waals surface area contributed by atoms with E-state index < -0.39 is 83.1 Å². The molecule has 152 valence electrons. The Morgan fingerprint density at radius 3 is 0.630 bits per heavy atom. The molecule has 0 aliphatic heterocycles. The van der Waals surface area contributed by atoms with E-state index in [1.807, 2.05) is 0 Å². The molecule has 15 heteroatoms. The second-order valence-corrected chi connectivity index (χ2v) is 13.3. The van der Waals surface area contributed by atoms with Crippen LogP contribution in [-0.4, -0.2) is 17.7 Å². The number of benzene rings is 2. The van der Waals surface area contributed by atoms with Crippen molar-refractivity contribution in [3.05, 3.63) is 58.2 Å². The first-order valence-corrected chi connectivity index (χ1v) is 11.8. The van der Waals surface area contributed by atoms with E-state index in [0.29, 0.717) is 0 Å². The van der Waals surface area contributed by atoms with Crippen LogP contribution < -0.4 is 7.22 Å². The summed E-state index contributed by atoms with van der Waals surface area (Å²) < 4.78 is 180. The molecule has 0 aromatic heterocycles. The summed E-state index contributed by atoms with van der Waals surface area (Å²) in [6.07, 6.45) is 0. The van der Waals surface area contributed by atoms with Crippen LogP contribution in [0.4, 0.5) is 55.5 Å². The molecule has 0 nitrogen and oxygen atoms in total. The van der Waals surface area contributed by atoms with Crippen molar-refractivity contribution in [3.8, 4) is 0 Å². The van der Waals surface area contributed by atoms with E-state index in [2.05, 4.69) is 0 Å². The van der Waals surface area contributed by atoms with Gasteiger partial charge in [-0.3, -0.25) is 0 Å². The molecule has 0 fully saturated rings. The van der Waals surface area contributed by atoms with E-state index in [1.165, 1.54) is 0 Å². The van der Waals surface area contributed by atoms with E-state index in [4.69, 9.17) is 0 Å². The number of halogens is 14.